The van der Waals surface area contributed by atoms with Crippen molar-refractivity contribution in [1.82, 2.24) is 4.90 Å². The standard InChI is InChI=1S/C22H24BrN3O4/c1-14-12-20(27)24-18-6-4-5-7-19(18)26(14)21(28)13-25(3)22(29)15(2)30-17-10-8-16(23)9-11-17/h4-11,14-15H,12-13H2,1-3H3,(H,24,27)/t14-,15-/m0/s1. The average Bonchev–Trinajstić information content (AvgIpc) is 2.83. The highest BCUT2D eigenvalue weighted by atomic mass is 79.9. The van der Waals surface area contributed by atoms with Gasteiger partial charge in [0.1, 0.15) is 5.75 Å². The number of hydrogen-bond donors (Lipinski definition) is 1. The number of rotatable bonds is 5. The van der Waals surface area contributed by atoms with Crippen molar-refractivity contribution in [3.8, 4) is 5.75 Å². The van der Waals surface area contributed by atoms with E-state index >= 15 is 0 Å². The largest absolute Gasteiger partial charge is 0.481 e. The first-order valence-corrected chi connectivity index (χ1v) is 10.4. The van der Waals surface area contributed by atoms with Gasteiger partial charge in [0.15, 0.2) is 6.10 Å². The third kappa shape index (κ3) is 4.99. The molecule has 1 heterocycles. The van der Waals surface area contributed by atoms with Gasteiger partial charge in [0.25, 0.3) is 5.91 Å². The van der Waals surface area contributed by atoms with Crippen molar-refractivity contribution in [3.05, 3.63) is 53.0 Å². The van der Waals surface area contributed by atoms with Crippen LogP contribution in [0.2, 0.25) is 0 Å². The highest BCUT2D eigenvalue weighted by molar-refractivity contribution is 9.10. The Balaban J connectivity index is 1.70. The zero-order chi connectivity index (χ0) is 21.8. The summed E-state index contributed by atoms with van der Waals surface area (Å²) in [6.07, 6.45) is -0.567. The second-order valence-corrected chi connectivity index (χ2v) is 8.21. The van der Waals surface area contributed by atoms with Crippen LogP contribution in [0.3, 0.4) is 0 Å². The lowest BCUT2D eigenvalue weighted by molar-refractivity contribution is -0.139. The number of carbonyl (C=O) groups is 3. The molecule has 0 spiro atoms. The normalized spacial score (nSPS) is 16.7. The Labute approximate surface area is 184 Å². The summed E-state index contributed by atoms with van der Waals surface area (Å²) in [6.45, 7) is 3.35. The number of benzene rings is 2. The van der Waals surface area contributed by atoms with Gasteiger partial charge < -0.3 is 19.9 Å². The number of fused-ring (bicyclic) bond motifs is 1. The number of nitrogens with zero attached hydrogens (tertiary/aromatic N) is 2. The Bertz CT molecular complexity index is 948. The van der Waals surface area contributed by atoms with E-state index in [0.29, 0.717) is 17.1 Å². The first-order valence-electron chi connectivity index (χ1n) is 9.64. The molecule has 3 amide bonds. The summed E-state index contributed by atoms with van der Waals surface area (Å²) in [5, 5.41) is 2.83. The highest BCUT2D eigenvalue weighted by Gasteiger charge is 2.31. The monoisotopic (exact) mass is 473 g/mol. The molecule has 2 aromatic carbocycles. The van der Waals surface area contributed by atoms with Gasteiger partial charge in [0.05, 0.1) is 17.9 Å². The van der Waals surface area contributed by atoms with E-state index in [2.05, 4.69) is 21.2 Å². The molecule has 3 rings (SSSR count). The lowest BCUT2D eigenvalue weighted by atomic mass is 10.1. The van der Waals surface area contributed by atoms with Crippen molar-refractivity contribution in [1.29, 1.82) is 0 Å². The van der Waals surface area contributed by atoms with Crippen LogP contribution in [0.25, 0.3) is 0 Å². The number of halogens is 1. The Hall–Kier alpha value is -2.87. The van der Waals surface area contributed by atoms with E-state index in [9.17, 15) is 14.4 Å². The summed E-state index contributed by atoms with van der Waals surface area (Å²) in [5.74, 6) is -0.154. The first-order chi connectivity index (χ1) is 14.3. The lowest BCUT2D eigenvalue weighted by Gasteiger charge is -2.30. The van der Waals surface area contributed by atoms with Gasteiger partial charge in [-0.25, -0.2) is 0 Å². The van der Waals surface area contributed by atoms with E-state index in [-0.39, 0.29) is 36.7 Å². The van der Waals surface area contributed by atoms with Crippen LogP contribution in [0.15, 0.2) is 53.0 Å². The van der Waals surface area contributed by atoms with Crippen molar-refractivity contribution < 1.29 is 19.1 Å². The van der Waals surface area contributed by atoms with Gasteiger partial charge >= 0.3 is 0 Å². The summed E-state index contributed by atoms with van der Waals surface area (Å²) in [4.78, 5) is 40.9. The smallest absolute Gasteiger partial charge is 0.263 e. The third-order valence-corrected chi connectivity index (χ3v) is 5.38. The van der Waals surface area contributed by atoms with E-state index < -0.39 is 6.10 Å². The molecule has 8 heteroatoms. The fourth-order valence-electron chi connectivity index (χ4n) is 3.40. The summed E-state index contributed by atoms with van der Waals surface area (Å²) >= 11 is 3.36. The van der Waals surface area contributed by atoms with E-state index in [0.717, 1.165) is 4.47 Å². The van der Waals surface area contributed by atoms with Gasteiger partial charge in [-0.1, -0.05) is 28.1 Å². The minimum Gasteiger partial charge on any atom is -0.481 e. The van der Waals surface area contributed by atoms with E-state index in [1.165, 1.54) is 4.90 Å². The molecule has 0 fully saturated rings. The van der Waals surface area contributed by atoms with Crippen molar-refractivity contribution in [3.63, 3.8) is 0 Å². The van der Waals surface area contributed by atoms with Crippen molar-refractivity contribution in [2.45, 2.75) is 32.4 Å². The molecule has 1 aliphatic heterocycles. The minimum absolute atomic E-state index is 0.125. The fourth-order valence-corrected chi connectivity index (χ4v) is 3.67. The number of ether oxygens (including phenoxy) is 1. The van der Waals surface area contributed by atoms with Crippen molar-refractivity contribution in [2.24, 2.45) is 0 Å². The average molecular weight is 474 g/mol. The maximum Gasteiger partial charge on any atom is 0.263 e. The van der Waals surface area contributed by atoms with Gasteiger partial charge in [0.2, 0.25) is 11.8 Å². The molecular formula is C22H24BrN3O4. The van der Waals surface area contributed by atoms with Crippen LogP contribution in [0.5, 0.6) is 5.75 Å². The number of carbonyl (C=O) groups excluding carboxylic acids is 3. The van der Waals surface area contributed by atoms with Crippen LogP contribution < -0.4 is 15.0 Å². The van der Waals surface area contributed by atoms with Crippen LogP contribution in [0.1, 0.15) is 20.3 Å². The summed E-state index contributed by atoms with van der Waals surface area (Å²) < 4.78 is 6.61. The number of nitrogens with one attached hydrogen (secondary N) is 1. The first kappa shape index (κ1) is 21.8. The van der Waals surface area contributed by atoms with Gasteiger partial charge in [-0.2, -0.15) is 0 Å². The second-order valence-electron chi connectivity index (χ2n) is 7.29. The van der Waals surface area contributed by atoms with Crippen molar-refractivity contribution in [2.75, 3.05) is 23.8 Å². The summed E-state index contributed by atoms with van der Waals surface area (Å²) in [7, 11) is 1.57. The van der Waals surface area contributed by atoms with E-state index in [1.54, 1.807) is 49.2 Å². The fraction of sp³-hybridized carbons (Fsp3) is 0.318. The Morgan fingerprint density at radius 1 is 1.23 bits per heavy atom. The SMILES string of the molecule is C[C@H](Oc1ccc(Br)cc1)C(=O)N(C)CC(=O)N1c2ccccc2NC(=O)C[C@@H]1C. The zero-order valence-corrected chi connectivity index (χ0v) is 18.7. The third-order valence-electron chi connectivity index (χ3n) is 4.85. The molecule has 0 radical (unpaired) electrons. The number of likely N-dealkylation sites (N-methyl/N-ethyl adjacent to an activating group) is 1. The maximum absolute atomic E-state index is 13.1. The quantitative estimate of drug-likeness (QED) is 0.721. The zero-order valence-electron chi connectivity index (χ0n) is 17.1. The molecule has 7 nitrogen and oxygen atoms in total. The minimum atomic E-state index is -0.749. The van der Waals surface area contributed by atoms with Gasteiger partial charge in [-0.3, -0.25) is 14.4 Å². The molecule has 158 valence electrons. The molecule has 0 aliphatic carbocycles. The van der Waals surface area contributed by atoms with Crippen LogP contribution in [0, 0.1) is 0 Å². The van der Waals surface area contributed by atoms with Gasteiger partial charge in [-0.05, 0) is 50.2 Å². The second kappa shape index (κ2) is 9.30. The molecule has 1 N–H and O–H groups in total. The topological polar surface area (TPSA) is 79.0 Å². The Morgan fingerprint density at radius 2 is 1.90 bits per heavy atom. The molecule has 0 unspecified atom stereocenters. The lowest BCUT2D eigenvalue weighted by Crippen LogP contribution is -2.47. The van der Waals surface area contributed by atoms with Crippen LogP contribution in [-0.4, -0.2) is 48.4 Å². The van der Waals surface area contributed by atoms with Crippen molar-refractivity contribution >= 4 is 45.0 Å². The van der Waals surface area contributed by atoms with Gasteiger partial charge in [-0.15, -0.1) is 0 Å². The molecule has 0 aromatic heterocycles. The molecule has 0 saturated heterocycles. The molecule has 0 saturated carbocycles. The Morgan fingerprint density at radius 3 is 2.60 bits per heavy atom. The summed E-state index contributed by atoms with van der Waals surface area (Å²) in [5.41, 5.74) is 1.21. The number of para-hydroxylation sites is 2. The molecule has 2 aromatic rings. The van der Waals surface area contributed by atoms with E-state index in [1.807, 2.05) is 25.1 Å². The maximum atomic E-state index is 13.1. The molecule has 1 aliphatic rings. The highest BCUT2D eigenvalue weighted by Crippen LogP contribution is 2.31. The molecule has 2 atom stereocenters. The predicted octanol–water partition coefficient (Wildman–Crippen LogP) is 3.44. The predicted molar refractivity (Wildman–Crippen MR) is 119 cm³/mol. The molecular weight excluding hydrogens is 450 g/mol. The summed E-state index contributed by atoms with van der Waals surface area (Å²) in [6, 6.07) is 14.0. The molecule has 30 heavy (non-hydrogen) atoms. The number of amides is 3. The number of hydrogen-bond acceptors (Lipinski definition) is 4. The van der Waals surface area contributed by atoms with Gasteiger partial charge in [0, 0.05) is 24.0 Å². The van der Waals surface area contributed by atoms with Crippen LogP contribution in [0.4, 0.5) is 11.4 Å². The number of anilines is 2. The van der Waals surface area contributed by atoms with Crippen LogP contribution >= 0.6 is 15.9 Å². The van der Waals surface area contributed by atoms with E-state index in [4.69, 9.17) is 4.74 Å². The van der Waals surface area contributed by atoms with Crippen LogP contribution in [-0.2, 0) is 14.4 Å². The Kier molecular flexibility index (Phi) is 6.77. The molecule has 0 bridgehead atoms.